The molecule has 0 radical (unpaired) electrons. The molecule has 0 aromatic rings. The van der Waals surface area contributed by atoms with Crippen molar-refractivity contribution < 1.29 is 5.11 Å². The van der Waals surface area contributed by atoms with Crippen LogP contribution in [0, 0.1) is 11.8 Å². The first-order valence-corrected chi connectivity index (χ1v) is 8.78. The maximum atomic E-state index is 10.8. The van der Waals surface area contributed by atoms with Gasteiger partial charge in [-0.1, -0.05) is 72.1 Å². The van der Waals surface area contributed by atoms with Crippen molar-refractivity contribution in [3.05, 3.63) is 0 Å². The summed E-state index contributed by atoms with van der Waals surface area (Å²) < 4.78 is 0. The van der Waals surface area contributed by atoms with Gasteiger partial charge < -0.3 is 5.11 Å². The number of rotatable bonds is 9. The normalized spacial score (nSPS) is 27.9. The monoisotopic (exact) mass is 268 g/mol. The van der Waals surface area contributed by atoms with Crippen molar-refractivity contribution in [1.29, 1.82) is 0 Å². The molecule has 0 amide bonds. The second-order valence-electron chi connectivity index (χ2n) is 7.33. The lowest BCUT2D eigenvalue weighted by Crippen LogP contribution is -2.35. The second kappa shape index (κ2) is 9.00. The highest BCUT2D eigenvalue weighted by molar-refractivity contribution is 4.86. The van der Waals surface area contributed by atoms with Gasteiger partial charge in [-0.15, -0.1) is 0 Å². The highest BCUT2D eigenvalue weighted by Crippen LogP contribution is 2.38. The van der Waals surface area contributed by atoms with Crippen molar-refractivity contribution in [2.75, 3.05) is 0 Å². The van der Waals surface area contributed by atoms with Crippen LogP contribution in [0.4, 0.5) is 0 Å². The number of unbranched alkanes of at least 4 members (excludes halogenated alkanes) is 5. The minimum Gasteiger partial charge on any atom is -0.390 e. The molecule has 19 heavy (non-hydrogen) atoms. The van der Waals surface area contributed by atoms with E-state index in [1.54, 1.807) is 0 Å². The summed E-state index contributed by atoms with van der Waals surface area (Å²) in [6.07, 6.45) is 15.0. The van der Waals surface area contributed by atoms with Gasteiger partial charge in [-0.3, -0.25) is 0 Å². The van der Waals surface area contributed by atoms with E-state index in [2.05, 4.69) is 20.8 Å². The summed E-state index contributed by atoms with van der Waals surface area (Å²) in [5, 5.41) is 10.8. The smallest absolute Gasteiger partial charge is 0.0650 e. The molecule has 0 saturated heterocycles. The molecule has 2 unspecified atom stereocenters. The van der Waals surface area contributed by atoms with Crippen LogP contribution in [0.2, 0.25) is 0 Å². The molecule has 2 atom stereocenters. The van der Waals surface area contributed by atoms with E-state index in [-0.39, 0.29) is 5.60 Å². The Morgan fingerprint density at radius 1 is 1.11 bits per heavy atom. The van der Waals surface area contributed by atoms with Crippen LogP contribution in [0.15, 0.2) is 0 Å². The molecule has 1 heteroatoms. The quantitative estimate of drug-likeness (QED) is 0.531. The van der Waals surface area contributed by atoms with Gasteiger partial charge in [-0.2, -0.15) is 0 Å². The van der Waals surface area contributed by atoms with E-state index in [0.29, 0.717) is 0 Å². The summed E-state index contributed by atoms with van der Waals surface area (Å²) in [5.41, 5.74) is -0.317. The number of aliphatic hydroxyl groups is 1. The van der Waals surface area contributed by atoms with E-state index in [0.717, 1.165) is 31.1 Å². The third kappa shape index (κ3) is 7.34. The highest BCUT2D eigenvalue weighted by Gasteiger charge is 2.33. The molecule has 1 rings (SSSR count). The molecular formula is C18H36O. The molecule has 0 heterocycles. The fraction of sp³-hybridized carbons (Fsp3) is 1.00. The van der Waals surface area contributed by atoms with Crippen LogP contribution in [0.1, 0.15) is 97.8 Å². The molecule has 0 spiro atoms. The van der Waals surface area contributed by atoms with Gasteiger partial charge in [-0.25, -0.2) is 0 Å². The Balaban J connectivity index is 2.19. The molecule has 1 nitrogen and oxygen atoms in total. The molecule has 0 aromatic carbocycles. The average Bonchev–Trinajstić information content (AvgIpc) is 2.33. The molecule has 0 bridgehead atoms. The zero-order valence-corrected chi connectivity index (χ0v) is 13.6. The third-order valence-electron chi connectivity index (χ3n) is 4.72. The van der Waals surface area contributed by atoms with Crippen molar-refractivity contribution in [3.8, 4) is 0 Å². The first kappa shape index (κ1) is 17.0. The van der Waals surface area contributed by atoms with Crippen LogP contribution >= 0.6 is 0 Å². The minimum absolute atomic E-state index is 0.317. The standard InChI is InChI=1S/C18H36O/c1-4-5-6-7-8-9-12-18(19)13-10-11-17(15-18)14-16(2)3/h16-17,19H,4-15H2,1-3H3. The van der Waals surface area contributed by atoms with E-state index >= 15 is 0 Å². The zero-order chi connectivity index (χ0) is 14.1. The first-order valence-electron chi connectivity index (χ1n) is 8.78. The molecule has 1 fully saturated rings. The van der Waals surface area contributed by atoms with Crippen LogP contribution in [0.3, 0.4) is 0 Å². The van der Waals surface area contributed by atoms with Crippen molar-refractivity contribution in [2.24, 2.45) is 11.8 Å². The van der Waals surface area contributed by atoms with Gasteiger partial charge in [0.25, 0.3) is 0 Å². The Kier molecular flexibility index (Phi) is 8.06. The Labute approximate surface area is 121 Å². The fourth-order valence-corrected chi connectivity index (χ4v) is 3.79. The van der Waals surface area contributed by atoms with Crippen LogP contribution in [0.5, 0.6) is 0 Å². The average molecular weight is 268 g/mol. The van der Waals surface area contributed by atoms with E-state index < -0.39 is 0 Å². The van der Waals surface area contributed by atoms with Gasteiger partial charge in [0.15, 0.2) is 0 Å². The van der Waals surface area contributed by atoms with Gasteiger partial charge in [0.1, 0.15) is 0 Å². The van der Waals surface area contributed by atoms with Crippen LogP contribution in [0.25, 0.3) is 0 Å². The maximum Gasteiger partial charge on any atom is 0.0650 e. The van der Waals surface area contributed by atoms with Crippen LogP contribution in [-0.4, -0.2) is 10.7 Å². The van der Waals surface area contributed by atoms with Gasteiger partial charge in [0, 0.05) is 0 Å². The molecule has 1 aliphatic rings. The fourth-order valence-electron chi connectivity index (χ4n) is 3.79. The van der Waals surface area contributed by atoms with Crippen LogP contribution in [-0.2, 0) is 0 Å². The maximum absolute atomic E-state index is 10.8. The van der Waals surface area contributed by atoms with Crippen molar-refractivity contribution in [3.63, 3.8) is 0 Å². The molecular weight excluding hydrogens is 232 g/mol. The Morgan fingerprint density at radius 3 is 2.47 bits per heavy atom. The molecule has 1 aliphatic carbocycles. The van der Waals surface area contributed by atoms with Gasteiger partial charge in [0.2, 0.25) is 0 Å². The third-order valence-corrected chi connectivity index (χ3v) is 4.72. The van der Waals surface area contributed by atoms with Gasteiger partial charge in [-0.05, 0) is 37.5 Å². The number of hydrogen-bond donors (Lipinski definition) is 1. The molecule has 0 aliphatic heterocycles. The first-order chi connectivity index (χ1) is 9.06. The van der Waals surface area contributed by atoms with E-state index in [4.69, 9.17) is 0 Å². The van der Waals surface area contributed by atoms with Gasteiger partial charge >= 0.3 is 0 Å². The van der Waals surface area contributed by atoms with Crippen molar-refractivity contribution >= 4 is 0 Å². The lowest BCUT2D eigenvalue weighted by atomic mass is 9.73. The predicted molar refractivity (Wildman–Crippen MR) is 84.4 cm³/mol. The van der Waals surface area contributed by atoms with E-state index in [1.165, 1.54) is 57.8 Å². The summed E-state index contributed by atoms with van der Waals surface area (Å²) in [4.78, 5) is 0. The topological polar surface area (TPSA) is 20.2 Å². The van der Waals surface area contributed by atoms with Crippen molar-refractivity contribution in [1.82, 2.24) is 0 Å². The van der Waals surface area contributed by atoms with E-state index in [1.807, 2.05) is 0 Å². The number of hydrogen-bond acceptors (Lipinski definition) is 1. The lowest BCUT2D eigenvalue weighted by molar-refractivity contribution is -0.0281. The van der Waals surface area contributed by atoms with Crippen molar-refractivity contribution in [2.45, 2.75) is 103 Å². The molecule has 1 N–H and O–H groups in total. The molecule has 1 saturated carbocycles. The van der Waals surface area contributed by atoms with Gasteiger partial charge in [0.05, 0.1) is 5.60 Å². The minimum atomic E-state index is -0.317. The summed E-state index contributed by atoms with van der Waals surface area (Å²) in [5.74, 6) is 1.56. The lowest BCUT2D eigenvalue weighted by Gasteiger charge is -2.37. The Bertz CT molecular complexity index is 224. The SMILES string of the molecule is CCCCCCCCC1(O)CCCC(CC(C)C)C1. The van der Waals surface area contributed by atoms with Crippen LogP contribution < -0.4 is 0 Å². The zero-order valence-electron chi connectivity index (χ0n) is 13.6. The summed E-state index contributed by atoms with van der Waals surface area (Å²) in [7, 11) is 0. The predicted octanol–water partition coefficient (Wildman–Crippen LogP) is 5.70. The second-order valence-corrected chi connectivity index (χ2v) is 7.33. The molecule has 114 valence electrons. The largest absolute Gasteiger partial charge is 0.390 e. The summed E-state index contributed by atoms with van der Waals surface area (Å²) in [6, 6.07) is 0. The summed E-state index contributed by atoms with van der Waals surface area (Å²) in [6.45, 7) is 6.88. The molecule has 0 aromatic heterocycles. The highest BCUT2D eigenvalue weighted by atomic mass is 16.3. The Hall–Kier alpha value is -0.0400. The summed E-state index contributed by atoms with van der Waals surface area (Å²) >= 11 is 0. The van der Waals surface area contributed by atoms with E-state index in [9.17, 15) is 5.11 Å². The Morgan fingerprint density at radius 2 is 1.79 bits per heavy atom.